The lowest BCUT2D eigenvalue weighted by atomic mass is 10.3. The van der Waals surface area contributed by atoms with Crippen molar-refractivity contribution in [2.45, 2.75) is 38.3 Å². The molecule has 0 bridgehead atoms. The number of hydrogen-bond donors (Lipinski definition) is 1. The molecule has 0 aliphatic rings. The van der Waals surface area contributed by atoms with E-state index in [2.05, 4.69) is 48.5 Å². The zero-order valence-electron chi connectivity index (χ0n) is 12.6. The Morgan fingerprint density at radius 1 is 1.24 bits per heavy atom. The van der Waals surface area contributed by atoms with Gasteiger partial charge in [-0.25, -0.2) is 0 Å². The quantitative estimate of drug-likeness (QED) is 0.588. The third-order valence-corrected chi connectivity index (χ3v) is 4.73. The van der Waals surface area contributed by atoms with E-state index in [0.717, 1.165) is 48.2 Å². The summed E-state index contributed by atoms with van der Waals surface area (Å²) in [5.41, 5.74) is 2.09. The maximum absolute atomic E-state index is 6.39. The van der Waals surface area contributed by atoms with Gasteiger partial charge in [0.25, 0.3) is 0 Å². The maximum atomic E-state index is 6.39. The molecular weight excluding hydrogens is 302 g/mol. The van der Waals surface area contributed by atoms with E-state index in [-0.39, 0.29) is 0 Å². The van der Waals surface area contributed by atoms with Crippen molar-refractivity contribution in [3.05, 3.63) is 46.7 Å². The van der Waals surface area contributed by atoms with Crippen molar-refractivity contribution in [3.63, 3.8) is 0 Å². The van der Waals surface area contributed by atoms with Gasteiger partial charge in [-0.3, -0.25) is 4.68 Å². The fraction of sp³-hybridized carbons (Fsp3) is 0.438. The molecule has 21 heavy (non-hydrogen) atoms. The first kappa shape index (κ1) is 16.4. The minimum absolute atomic E-state index is 0.773. The Hall–Kier alpha value is -0.970. The third kappa shape index (κ3) is 4.50. The summed E-state index contributed by atoms with van der Waals surface area (Å²) in [7, 11) is 0. The fourth-order valence-corrected chi connectivity index (χ4v) is 3.32. The van der Waals surface area contributed by atoms with E-state index in [1.54, 1.807) is 0 Å². The first-order valence-corrected chi connectivity index (χ1v) is 8.75. The van der Waals surface area contributed by atoms with E-state index < -0.39 is 0 Å². The first-order chi connectivity index (χ1) is 10.3. The number of aromatic nitrogens is 2. The highest BCUT2D eigenvalue weighted by Gasteiger charge is 2.13. The monoisotopic (exact) mass is 323 g/mol. The third-order valence-electron chi connectivity index (χ3n) is 3.28. The average Bonchev–Trinajstić information content (AvgIpc) is 2.84. The highest BCUT2D eigenvalue weighted by Crippen LogP contribution is 2.21. The molecule has 0 aliphatic carbocycles. The van der Waals surface area contributed by atoms with Crippen LogP contribution in [0.1, 0.15) is 25.2 Å². The summed E-state index contributed by atoms with van der Waals surface area (Å²) in [6.45, 7) is 6.76. The molecule has 1 heterocycles. The van der Waals surface area contributed by atoms with E-state index >= 15 is 0 Å². The second kappa shape index (κ2) is 8.47. The van der Waals surface area contributed by atoms with Crippen LogP contribution < -0.4 is 5.32 Å². The summed E-state index contributed by atoms with van der Waals surface area (Å²) in [5.74, 6) is 1.04. The molecule has 1 N–H and O–H groups in total. The van der Waals surface area contributed by atoms with Crippen molar-refractivity contribution in [2.24, 2.45) is 0 Å². The summed E-state index contributed by atoms with van der Waals surface area (Å²) in [6.07, 6.45) is 0.878. The molecule has 0 saturated carbocycles. The van der Waals surface area contributed by atoms with Crippen LogP contribution in [0.5, 0.6) is 0 Å². The van der Waals surface area contributed by atoms with E-state index in [1.165, 1.54) is 4.90 Å². The van der Waals surface area contributed by atoms with Crippen LogP contribution in [0.3, 0.4) is 0 Å². The molecule has 0 saturated heterocycles. The lowest BCUT2D eigenvalue weighted by Crippen LogP contribution is -2.19. The number of thioether (sulfide) groups is 1. The SMILES string of the molecule is CCc1nn(CC)c(CNCCSc2ccccc2)c1Cl. The first-order valence-electron chi connectivity index (χ1n) is 7.38. The van der Waals surface area contributed by atoms with Gasteiger partial charge in [0.05, 0.1) is 16.4 Å². The van der Waals surface area contributed by atoms with E-state index in [1.807, 2.05) is 22.5 Å². The van der Waals surface area contributed by atoms with Gasteiger partial charge in [-0.05, 0) is 25.5 Å². The summed E-state index contributed by atoms with van der Waals surface area (Å²) in [5, 5.41) is 8.81. The van der Waals surface area contributed by atoms with Crippen LogP contribution in [0.25, 0.3) is 0 Å². The number of benzene rings is 1. The highest BCUT2D eigenvalue weighted by molar-refractivity contribution is 7.99. The lowest BCUT2D eigenvalue weighted by Gasteiger charge is -2.07. The maximum Gasteiger partial charge on any atom is 0.0863 e. The number of aryl methyl sites for hydroxylation is 2. The Balaban J connectivity index is 1.79. The fourth-order valence-electron chi connectivity index (χ4n) is 2.15. The molecule has 1 aromatic heterocycles. The smallest absolute Gasteiger partial charge is 0.0863 e. The summed E-state index contributed by atoms with van der Waals surface area (Å²) >= 11 is 8.25. The van der Waals surface area contributed by atoms with Crippen LogP contribution in [0.4, 0.5) is 0 Å². The van der Waals surface area contributed by atoms with E-state index in [4.69, 9.17) is 11.6 Å². The zero-order chi connectivity index (χ0) is 15.1. The molecule has 0 unspecified atom stereocenters. The van der Waals surface area contributed by atoms with Gasteiger partial charge < -0.3 is 5.32 Å². The van der Waals surface area contributed by atoms with Gasteiger partial charge in [-0.2, -0.15) is 5.10 Å². The van der Waals surface area contributed by atoms with Crippen molar-refractivity contribution < 1.29 is 0 Å². The minimum Gasteiger partial charge on any atom is -0.310 e. The standard InChI is InChI=1S/C16H22ClN3S/c1-3-14-16(17)15(20(4-2)19-14)12-18-10-11-21-13-8-6-5-7-9-13/h5-9,18H,3-4,10-12H2,1-2H3. The van der Waals surface area contributed by atoms with Crippen LogP contribution >= 0.6 is 23.4 Å². The van der Waals surface area contributed by atoms with Gasteiger partial charge in [-0.15, -0.1) is 11.8 Å². The molecule has 0 amide bonds. The molecule has 2 aromatic rings. The van der Waals surface area contributed by atoms with Gasteiger partial charge in [-0.1, -0.05) is 36.7 Å². The second-order valence-corrected chi connectivity index (χ2v) is 6.26. The van der Waals surface area contributed by atoms with E-state index in [0.29, 0.717) is 0 Å². The molecule has 0 atom stereocenters. The second-order valence-electron chi connectivity index (χ2n) is 4.71. The van der Waals surface area contributed by atoms with Crippen LogP contribution in [0.15, 0.2) is 35.2 Å². The minimum atomic E-state index is 0.773. The van der Waals surface area contributed by atoms with Crippen molar-refractivity contribution in [2.75, 3.05) is 12.3 Å². The molecule has 2 rings (SSSR count). The Morgan fingerprint density at radius 2 is 2.00 bits per heavy atom. The summed E-state index contributed by atoms with van der Waals surface area (Å²) in [6, 6.07) is 10.5. The number of nitrogens with zero attached hydrogens (tertiary/aromatic N) is 2. The van der Waals surface area contributed by atoms with Gasteiger partial charge in [0.2, 0.25) is 0 Å². The number of nitrogens with one attached hydrogen (secondary N) is 1. The van der Waals surface area contributed by atoms with Crippen molar-refractivity contribution in [1.29, 1.82) is 0 Å². The van der Waals surface area contributed by atoms with E-state index in [9.17, 15) is 0 Å². The molecule has 0 aliphatic heterocycles. The van der Waals surface area contributed by atoms with Crippen LogP contribution in [0, 0.1) is 0 Å². The van der Waals surface area contributed by atoms with Crippen molar-refractivity contribution >= 4 is 23.4 Å². The lowest BCUT2D eigenvalue weighted by molar-refractivity contribution is 0.586. The average molecular weight is 324 g/mol. The Labute approximate surface area is 136 Å². The molecule has 1 aromatic carbocycles. The van der Waals surface area contributed by atoms with Gasteiger partial charge in [0, 0.05) is 30.3 Å². The summed E-state index contributed by atoms with van der Waals surface area (Å²) in [4.78, 5) is 1.31. The van der Waals surface area contributed by atoms with Crippen LogP contribution in [-0.4, -0.2) is 22.1 Å². The number of rotatable bonds is 8. The Bertz CT molecular complexity index is 554. The highest BCUT2D eigenvalue weighted by atomic mass is 35.5. The molecule has 0 fully saturated rings. The Morgan fingerprint density at radius 3 is 2.67 bits per heavy atom. The predicted molar refractivity (Wildman–Crippen MR) is 91.2 cm³/mol. The molecule has 3 nitrogen and oxygen atoms in total. The van der Waals surface area contributed by atoms with Gasteiger partial charge in [0.1, 0.15) is 0 Å². The molecule has 0 radical (unpaired) electrons. The Kier molecular flexibility index (Phi) is 6.61. The van der Waals surface area contributed by atoms with Crippen molar-refractivity contribution in [1.82, 2.24) is 15.1 Å². The van der Waals surface area contributed by atoms with Crippen molar-refractivity contribution in [3.8, 4) is 0 Å². The predicted octanol–water partition coefficient (Wildman–Crippen LogP) is 4.00. The topological polar surface area (TPSA) is 29.9 Å². The van der Waals surface area contributed by atoms with Crippen LogP contribution in [-0.2, 0) is 19.5 Å². The molecule has 0 spiro atoms. The zero-order valence-corrected chi connectivity index (χ0v) is 14.2. The largest absolute Gasteiger partial charge is 0.310 e. The number of hydrogen-bond acceptors (Lipinski definition) is 3. The molecule has 5 heteroatoms. The normalized spacial score (nSPS) is 11.0. The molecule has 114 valence electrons. The van der Waals surface area contributed by atoms with Gasteiger partial charge >= 0.3 is 0 Å². The molecular formula is C16H22ClN3S. The van der Waals surface area contributed by atoms with Gasteiger partial charge in [0.15, 0.2) is 0 Å². The summed E-state index contributed by atoms with van der Waals surface area (Å²) < 4.78 is 2.00. The van der Waals surface area contributed by atoms with Crippen LogP contribution in [0.2, 0.25) is 5.02 Å². The number of halogens is 1.